The smallest absolute Gasteiger partial charge is 0.222 e. The molecule has 0 amide bonds. The van der Waals surface area contributed by atoms with Crippen molar-refractivity contribution in [1.29, 1.82) is 0 Å². The zero-order chi connectivity index (χ0) is 10.8. The topological polar surface area (TPSA) is 25.8 Å². The maximum Gasteiger partial charge on any atom is 0.222 e. The van der Waals surface area contributed by atoms with E-state index < -0.39 is 0 Å². The Labute approximate surface area is 97.9 Å². The van der Waals surface area contributed by atoms with E-state index in [0.717, 1.165) is 16.8 Å². The summed E-state index contributed by atoms with van der Waals surface area (Å²) in [4.78, 5) is 8.05. The molecule has 0 aliphatic heterocycles. The second-order valence-electron chi connectivity index (χ2n) is 3.15. The summed E-state index contributed by atoms with van der Waals surface area (Å²) in [5.74, 6) is 0. The fraction of sp³-hybridized carbons (Fsp3) is 0.0909. The van der Waals surface area contributed by atoms with Gasteiger partial charge in [0.15, 0.2) is 0 Å². The molecule has 0 spiro atoms. The molecule has 0 N–H and O–H groups in total. The van der Waals surface area contributed by atoms with E-state index in [1.165, 1.54) is 0 Å². The molecule has 0 saturated carbocycles. The van der Waals surface area contributed by atoms with E-state index in [-0.39, 0.29) is 5.28 Å². The van der Waals surface area contributed by atoms with Crippen LogP contribution in [0.5, 0.6) is 0 Å². The largest absolute Gasteiger partial charge is 0.226 e. The highest BCUT2D eigenvalue weighted by molar-refractivity contribution is 6.30. The number of hydrogen-bond acceptors (Lipinski definition) is 2. The molecular weight excluding hydrogens is 231 g/mol. The van der Waals surface area contributed by atoms with E-state index in [0.29, 0.717) is 5.02 Å². The van der Waals surface area contributed by atoms with Crippen LogP contribution in [0.3, 0.4) is 0 Å². The lowest BCUT2D eigenvalue weighted by Gasteiger charge is -2.04. The Bertz CT molecular complexity index is 480. The standard InChI is InChI=1S/C11H8Cl2N2/c1-7-10(6-14-11(13)15-7)8-2-4-9(12)5-3-8/h2-6H,1H3. The van der Waals surface area contributed by atoms with Crippen molar-refractivity contribution in [2.24, 2.45) is 0 Å². The molecule has 2 nitrogen and oxygen atoms in total. The van der Waals surface area contributed by atoms with E-state index in [4.69, 9.17) is 23.2 Å². The van der Waals surface area contributed by atoms with E-state index in [1.54, 1.807) is 6.20 Å². The van der Waals surface area contributed by atoms with Crippen LogP contribution >= 0.6 is 23.2 Å². The van der Waals surface area contributed by atoms with Crippen LogP contribution in [-0.4, -0.2) is 9.97 Å². The number of halogens is 2. The fourth-order valence-electron chi connectivity index (χ4n) is 1.35. The molecule has 2 rings (SSSR count). The van der Waals surface area contributed by atoms with Crippen molar-refractivity contribution in [2.75, 3.05) is 0 Å². The minimum absolute atomic E-state index is 0.269. The monoisotopic (exact) mass is 238 g/mol. The summed E-state index contributed by atoms with van der Waals surface area (Å²) in [6, 6.07) is 7.54. The van der Waals surface area contributed by atoms with Gasteiger partial charge < -0.3 is 0 Å². The lowest BCUT2D eigenvalue weighted by Crippen LogP contribution is -1.90. The molecule has 0 saturated heterocycles. The Hall–Kier alpha value is -1.12. The molecule has 1 aromatic carbocycles. The summed E-state index contributed by atoms with van der Waals surface area (Å²) in [6.07, 6.45) is 1.72. The van der Waals surface area contributed by atoms with Gasteiger partial charge in [0, 0.05) is 16.8 Å². The summed E-state index contributed by atoms with van der Waals surface area (Å²) in [5.41, 5.74) is 2.86. The third-order valence-electron chi connectivity index (χ3n) is 2.11. The SMILES string of the molecule is Cc1nc(Cl)ncc1-c1ccc(Cl)cc1. The van der Waals surface area contributed by atoms with Crippen molar-refractivity contribution >= 4 is 23.2 Å². The van der Waals surface area contributed by atoms with Crippen LogP contribution in [0.15, 0.2) is 30.5 Å². The Kier molecular flexibility index (Phi) is 2.89. The summed E-state index contributed by atoms with van der Waals surface area (Å²) < 4.78 is 0. The van der Waals surface area contributed by atoms with Crippen LogP contribution < -0.4 is 0 Å². The molecule has 1 heterocycles. The van der Waals surface area contributed by atoms with Crippen molar-refractivity contribution in [3.8, 4) is 11.1 Å². The molecule has 0 aliphatic rings. The van der Waals surface area contributed by atoms with Gasteiger partial charge in [-0.2, -0.15) is 0 Å². The first-order valence-electron chi connectivity index (χ1n) is 4.42. The lowest BCUT2D eigenvalue weighted by atomic mass is 10.1. The fourth-order valence-corrected chi connectivity index (χ4v) is 1.65. The van der Waals surface area contributed by atoms with Gasteiger partial charge in [-0.25, -0.2) is 9.97 Å². The van der Waals surface area contributed by atoms with Crippen LogP contribution in [-0.2, 0) is 0 Å². The van der Waals surface area contributed by atoms with Gasteiger partial charge in [-0.1, -0.05) is 23.7 Å². The summed E-state index contributed by atoms with van der Waals surface area (Å²) in [7, 11) is 0. The van der Waals surface area contributed by atoms with Gasteiger partial charge in [-0.3, -0.25) is 0 Å². The maximum atomic E-state index is 5.81. The Balaban J connectivity index is 2.49. The zero-order valence-corrected chi connectivity index (χ0v) is 9.55. The molecule has 76 valence electrons. The first-order valence-corrected chi connectivity index (χ1v) is 5.17. The predicted octanol–water partition coefficient (Wildman–Crippen LogP) is 3.76. The van der Waals surface area contributed by atoms with Crippen LogP contribution in [0.1, 0.15) is 5.69 Å². The lowest BCUT2D eigenvalue weighted by molar-refractivity contribution is 1.11. The predicted molar refractivity (Wildman–Crippen MR) is 62.2 cm³/mol. The Morgan fingerprint density at radius 1 is 1.07 bits per heavy atom. The Morgan fingerprint density at radius 2 is 1.73 bits per heavy atom. The van der Waals surface area contributed by atoms with Gasteiger partial charge in [-0.05, 0) is 36.2 Å². The highest BCUT2D eigenvalue weighted by atomic mass is 35.5. The molecule has 0 fully saturated rings. The summed E-state index contributed by atoms with van der Waals surface area (Å²) >= 11 is 11.5. The molecule has 0 aliphatic carbocycles. The van der Waals surface area contributed by atoms with E-state index in [1.807, 2.05) is 31.2 Å². The number of aryl methyl sites for hydroxylation is 1. The molecule has 15 heavy (non-hydrogen) atoms. The van der Waals surface area contributed by atoms with Crippen molar-refractivity contribution < 1.29 is 0 Å². The molecule has 0 unspecified atom stereocenters. The quantitative estimate of drug-likeness (QED) is 0.708. The molecular formula is C11H8Cl2N2. The first-order chi connectivity index (χ1) is 7.16. The highest BCUT2D eigenvalue weighted by Gasteiger charge is 2.04. The normalized spacial score (nSPS) is 10.3. The molecule has 2 aromatic rings. The van der Waals surface area contributed by atoms with Gasteiger partial charge >= 0.3 is 0 Å². The number of aromatic nitrogens is 2. The summed E-state index contributed by atoms with van der Waals surface area (Å²) in [5, 5.41) is 0.983. The van der Waals surface area contributed by atoms with Gasteiger partial charge in [-0.15, -0.1) is 0 Å². The van der Waals surface area contributed by atoms with Gasteiger partial charge in [0.05, 0.1) is 5.69 Å². The number of benzene rings is 1. The van der Waals surface area contributed by atoms with Crippen LogP contribution in [0.4, 0.5) is 0 Å². The zero-order valence-electron chi connectivity index (χ0n) is 8.04. The van der Waals surface area contributed by atoms with Crippen molar-refractivity contribution in [3.05, 3.63) is 46.5 Å². The van der Waals surface area contributed by atoms with Crippen LogP contribution in [0.2, 0.25) is 10.3 Å². The maximum absolute atomic E-state index is 5.81. The van der Waals surface area contributed by atoms with Crippen molar-refractivity contribution in [3.63, 3.8) is 0 Å². The Morgan fingerprint density at radius 3 is 2.33 bits per heavy atom. The minimum Gasteiger partial charge on any atom is -0.226 e. The van der Waals surface area contributed by atoms with E-state index in [9.17, 15) is 0 Å². The third kappa shape index (κ3) is 2.28. The number of hydrogen-bond donors (Lipinski definition) is 0. The molecule has 0 bridgehead atoms. The van der Waals surface area contributed by atoms with Gasteiger partial charge in [0.25, 0.3) is 0 Å². The van der Waals surface area contributed by atoms with Crippen LogP contribution in [0.25, 0.3) is 11.1 Å². The van der Waals surface area contributed by atoms with Crippen molar-refractivity contribution in [2.45, 2.75) is 6.92 Å². The molecule has 0 radical (unpaired) electrons. The molecule has 4 heteroatoms. The second kappa shape index (κ2) is 4.17. The van der Waals surface area contributed by atoms with Crippen LogP contribution in [0, 0.1) is 6.92 Å². The van der Waals surface area contributed by atoms with E-state index in [2.05, 4.69) is 9.97 Å². The third-order valence-corrected chi connectivity index (χ3v) is 2.54. The summed E-state index contributed by atoms with van der Waals surface area (Å²) in [6.45, 7) is 1.90. The second-order valence-corrected chi connectivity index (χ2v) is 3.92. The van der Waals surface area contributed by atoms with Gasteiger partial charge in [0.1, 0.15) is 0 Å². The highest BCUT2D eigenvalue weighted by Crippen LogP contribution is 2.23. The first kappa shape index (κ1) is 10.4. The van der Waals surface area contributed by atoms with Gasteiger partial charge in [0.2, 0.25) is 5.28 Å². The molecule has 1 aromatic heterocycles. The van der Waals surface area contributed by atoms with E-state index >= 15 is 0 Å². The minimum atomic E-state index is 0.269. The number of rotatable bonds is 1. The number of nitrogens with zero attached hydrogens (tertiary/aromatic N) is 2. The molecule has 0 atom stereocenters. The average Bonchev–Trinajstić information content (AvgIpc) is 2.20. The average molecular weight is 239 g/mol. The van der Waals surface area contributed by atoms with Crippen molar-refractivity contribution in [1.82, 2.24) is 9.97 Å².